The summed E-state index contributed by atoms with van der Waals surface area (Å²) in [6.45, 7) is 3.70. The molecule has 264 valence electrons. The molecule has 4 aromatic carbocycles. The van der Waals surface area contributed by atoms with Crippen molar-refractivity contribution in [2.75, 3.05) is 9.80 Å². The molecule has 52 heavy (non-hydrogen) atoms. The van der Waals surface area contributed by atoms with E-state index in [2.05, 4.69) is 6.58 Å². The highest BCUT2D eigenvalue weighted by molar-refractivity contribution is 6.58. The monoisotopic (exact) mass is 752 g/mol. The van der Waals surface area contributed by atoms with Crippen molar-refractivity contribution in [3.63, 3.8) is 0 Å². The fourth-order valence-corrected chi connectivity index (χ4v) is 9.36. The molecule has 14 heteroatoms. The van der Waals surface area contributed by atoms with E-state index in [9.17, 15) is 37.5 Å². The fraction of sp³-hybridized carbons (Fsp3) is 0.211. The Morgan fingerprint density at radius 1 is 0.769 bits per heavy atom. The van der Waals surface area contributed by atoms with E-state index in [1.807, 2.05) is 0 Å². The van der Waals surface area contributed by atoms with Crippen molar-refractivity contribution < 1.29 is 46.2 Å². The summed E-state index contributed by atoms with van der Waals surface area (Å²) in [5.74, 6) is -22.0. The zero-order chi connectivity index (χ0) is 37.2. The molecule has 4 aliphatic rings. The molecule has 6 atom stereocenters. The van der Waals surface area contributed by atoms with Crippen molar-refractivity contribution in [2.45, 2.75) is 28.5 Å². The molecule has 2 heterocycles. The molecule has 2 aliphatic carbocycles. The molecule has 2 aliphatic heterocycles. The van der Waals surface area contributed by atoms with Crippen molar-refractivity contribution >= 4 is 75.1 Å². The minimum Gasteiger partial charge on any atom is -0.507 e. The molecule has 4 aromatic rings. The van der Waals surface area contributed by atoms with Crippen molar-refractivity contribution in [3.8, 4) is 5.75 Å². The van der Waals surface area contributed by atoms with Crippen LogP contribution in [0.5, 0.6) is 5.75 Å². The summed E-state index contributed by atoms with van der Waals surface area (Å²) in [5, 5.41) is 12.6. The first-order chi connectivity index (χ1) is 24.7. The molecule has 0 bridgehead atoms. The van der Waals surface area contributed by atoms with Crippen molar-refractivity contribution in [1.29, 1.82) is 0 Å². The smallest absolute Gasteiger partial charge is 0.258 e. The maximum Gasteiger partial charge on any atom is 0.258 e. The number of allylic oxidation sites excluding steroid dienone is 2. The first kappa shape index (κ1) is 34.0. The Kier molecular flexibility index (Phi) is 7.50. The van der Waals surface area contributed by atoms with Crippen LogP contribution < -0.4 is 9.80 Å². The molecule has 2 saturated heterocycles. The Balaban J connectivity index is 1.34. The van der Waals surface area contributed by atoms with Gasteiger partial charge in [0.05, 0.1) is 17.5 Å². The number of hydrogen-bond acceptors (Lipinski definition) is 5. The van der Waals surface area contributed by atoms with Crippen LogP contribution in [0.2, 0.25) is 0 Å². The Morgan fingerprint density at radius 2 is 1.40 bits per heavy atom. The second-order valence-corrected chi connectivity index (χ2v) is 14.5. The summed E-state index contributed by atoms with van der Waals surface area (Å²) >= 11 is 14.4. The first-order valence-corrected chi connectivity index (χ1v) is 16.7. The van der Waals surface area contributed by atoms with Crippen LogP contribution >= 0.6 is 23.2 Å². The third kappa shape index (κ3) is 4.19. The number of anilines is 2. The largest absolute Gasteiger partial charge is 0.507 e. The number of nitrogens with zero attached hydrogens (tertiary/aromatic N) is 2. The van der Waals surface area contributed by atoms with Gasteiger partial charge in [0, 0.05) is 16.9 Å². The zero-order valence-corrected chi connectivity index (χ0v) is 28.0. The van der Waals surface area contributed by atoms with Gasteiger partial charge in [0.25, 0.3) is 11.8 Å². The lowest BCUT2D eigenvalue weighted by atomic mass is 9.56. The molecular formula is C38H23Cl2F5N2O5. The van der Waals surface area contributed by atoms with Gasteiger partial charge in [-0.15, -0.1) is 23.2 Å². The highest BCUT2D eigenvalue weighted by Crippen LogP contribution is 2.67. The summed E-state index contributed by atoms with van der Waals surface area (Å²) in [7, 11) is 0. The number of fused-ring (bicyclic) bond motifs is 5. The van der Waals surface area contributed by atoms with E-state index in [0.29, 0.717) is 5.39 Å². The van der Waals surface area contributed by atoms with Gasteiger partial charge in [-0.3, -0.25) is 24.1 Å². The van der Waals surface area contributed by atoms with E-state index in [4.69, 9.17) is 23.2 Å². The van der Waals surface area contributed by atoms with Crippen molar-refractivity contribution in [1.82, 2.24) is 0 Å². The van der Waals surface area contributed by atoms with E-state index in [1.165, 1.54) is 6.07 Å². The van der Waals surface area contributed by atoms with Crippen LogP contribution in [0.4, 0.5) is 33.3 Å². The normalized spacial score (nSPS) is 28.2. The third-order valence-electron chi connectivity index (χ3n) is 10.9. The number of phenolic OH excluding ortho intramolecular Hbond substituents is 1. The predicted octanol–water partition coefficient (Wildman–Crippen LogP) is 7.65. The summed E-state index contributed by atoms with van der Waals surface area (Å²) in [5.41, 5.74) is -0.739. The quantitative estimate of drug-likeness (QED) is 0.0578. The van der Waals surface area contributed by atoms with Gasteiger partial charge in [-0.1, -0.05) is 72.8 Å². The lowest BCUT2D eigenvalue weighted by Gasteiger charge is -2.50. The van der Waals surface area contributed by atoms with Gasteiger partial charge in [-0.05, 0) is 41.8 Å². The van der Waals surface area contributed by atoms with Gasteiger partial charge in [0.1, 0.15) is 11.4 Å². The molecule has 0 aromatic heterocycles. The summed E-state index contributed by atoms with van der Waals surface area (Å²) in [6, 6.07) is 16.0. The van der Waals surface area contributed by atoms with Crippen LogP contribution in [-0.2, 0) is 19.2 Å². The minimum absolute atomic E-state index is 0.0428. The average molecular weight is 754 g/mol. The Hall–Kier alpha value is -5.07. The zero-order valence-electron chi connectivity index (χ0n) is 26.5. The number of alkyl halides is 2. The van der Waals surface area contributed by atoms with Crippen LogP contribution in [0, 0.1) is 46.8 Å². The molecule has 4 amide bonds. The molecule has 0 radical (unpaired) electrons. The summed E-state index contributed by atoms with van der Waals surface area (Å²) in [6.07, 6.45) is 2.44. The first-order valence-electron chi connectivity index (χ1n) is 16.0. The average Bonchev–Trinajstić information content (AvgIpc) is 3.48. The van der Waals surface area contributed by atoms with E-state index < -0.39 is 104 Å². The minimum atomic E-state index is -2.76. The standard InChI is InChI=1S/C38H23Cl2F5N2O5/c1-2-16-7-10-18(11-8-16)46-33(49)21-14-13-20-23(24(21)34(46)50)15-37(39)35(51)47(31-29(44)27(42)26(41)28(43)30(31)45)36(52)38(37,40)25(20)22-12-9-17-5-3-4-6-19(17)32(22)48/h2-13,21,23-25,48H,1,14-15H2. The highest BCUT2D eigenvalue weighted by Gasteiger charge is 2.77. The van der Waals surface area contributed by atoms with Crippen LogP contribution in [-0.4, -0.2) is 38.5 Å². The maximum atomic E-state index is 15.3. The maximum absolute atomic E-state index is 15.3. The number of carbonyl (C=O) groups excluding carboxylic acids is 4. The number of aromatic hydroxyl groups is 1. The third-order valence-corrected chi connectivity index (χ3v) is 12.3. The van der Waals surface area contributed by atoms with Gasteiger partial charge < -0.3 is 5.11 Å². The SMILES string of the molecule is C=Cc1ccc(N2C(=O)C3CC=C4C(CC5(Cl)C(=O)N(c6c(F)c(F)c(F)c(F)c6F)C(=O)C5(Cl)C4c4ccc5ccccc5c4O)C3C2=O)cc1. The van der Waals surface area contributed by atoms with E-state index >= 15 is 8.78 Å². The molecule has 8 rings (SSSR count). The van der Waals surface area contributed by atoms with E-state index in [0.717, 1.165) is 10.5 Å². The van der Waals surface area contributed by atoms with Gasteiger partial charge in [-0.25, -0.2) is 26.9 Å². The number of amides is 4. The fourth-order valence-electron chi connectivity index (χ4n) is 8.43. The van der Waals surface area contributed by atoms with Gasteiger partial charge in [0.15, 0.2) is 33.0 Å². The van der Waals surface area contributed by atoms with Gasteiger partial charge in [0.2, 0.25) is 17.6 Å². The molecule has 6 unspecified atom stereocenters. The summed E-state index contributed by atoms with van der Waals surface area (Å²) in [4.78, 5) is 52.4. The lowest BCUT2D eigenvalue weighted by Crippen LogP contribution is -2.60. The number of carbonyl (C=O) groups is 4. The van der Waals surface area contributed by atoms with Gasteiger partial charge in [-0.2, -0.15) is 0 Å². The number of phenols is 1. The van der Waals surface area contributed by atoms with Crippen molar-refractivity contribution in [3.05, 3.63) is 119 Å². The highest BCUT2D eigenvalue weighted by atomic mass is 35.5. The molecular weight excluding hydrogens is 730 g/mol. The van der Waals surface area contributed by atoms with E-state index in [1.54, 1.807) is 66.7 Å². The molecule has 3 fully saturated rings. The number of rotatable bonds is 4. The molecule has 1 saturated carbocycles. The Labute approximate surface area is 301 Å². The van der Waals surface area contributed by atoms with E-state index in [-0.39, 0.29) is 33.5 Å². The molecule has 0 spiro atoms. The topological polar surface area (TPSA) is 95.0 Å². The Bertz CT molecular complexity index is 2340. The van der Waals surface area contributed by atoms with Crippen LogP contribution in [0.1, 0.15) is 29.9 Å². The number of imide groups is 2. The summed E-state index contributed by atoms with van der Waals surface area (Å²) < 4.78 is 73.7. The molecule has 1 N–H and O–H groups in total. The van der Waals surface area contributed by atoms with Crippen LogP contribution in [0.25, 0.3) is 16.8 Å². The van der Waals surface area contributed by atoms with Crippen LogP contribution in [0.3, 0.4) is 0 Å². The lowest BCUT2D eigenvalue weighted by molar-refractivity contribution is -0.125. The molecule has 7 nitrogen and oxygen atoms in total. The number of benzene rings is 4. The number of halogens is 7. The number of hydrogen-bond donors (Lipinski definition) is 1. The van der Waals surface area contributed by atoms with Crippen LogP contribution in [0.15, 0.2) is 78.9 Å². The Morgan fingerprint density at radius 3 is 2.06 bits per heavy atom. The second kappa shape index (κ2) is 11.5. The predicted molar refractivity (Wildman–Crippen MR) is 181 cm³/mol. The van der Waals surface area contributed by atoms with Gasteiger partial charge >= 0.3 is 0 Å². The van der Waals surface area contributed by atoms with Crippen molar-refractivity contribution in [2.24, 2.45) is 17.8 Å². The second-order valence-electron chi connectivity index (χ2n) is 13.2.